The molecule has 0 aromatic rings. The fraction of sp³-hybridized carbons (Fsp3) is 0.707. The Morgan fingerprint density at radius 2 is 0.829 bits per heavy atom. The summed E-state index contributed by atoms with van der Waals surface area (Å²) in [4.78, 5) is 46.2. The van der Waals surface area contributed by atoms with Crippen LogP contribution in [-0.2, 0) is 32.7 Å². The molecule has 12 heteroatoms. The third-order valence-corrected chi connectivity index (χ3v) is 12.6. The number of aliphatic hydroxyl groups is 1. The zero-order valence-corrected chi connectivity index (χ0v) is 44.9. The van der Waals surface area contributed by atoms with Gasteiger partial charge in [0.2, 0.25) is 5.91 Å². The summed E-state index contributed by atoms with van der Waals surface area (Å²) < 4.78 is 27.0. The summed E-state index contributed by atoms with van der Waals surface area (Å²) >= 11 is 0. The average Bonchev–Trinajstić information content (AvgIpc) is 3.34. The fourth-order valence-corrected chi connectivity index (χ4v) is 8.20. The lowest BCUT2D eigenvalue weighted by Crippen LogP contribution is -2.43. The van der Waals surface area contributed by atoms with Gasteiger partial charge in [-0.3, -0.25) is 18.6 Å². The SMILES string of the molecule is CC/C=C\C/C=C\C/C=C\C/C=C\C/C=C\CCCCCCCCCC(=O)OCC(O)COP(=O)(O)OCC(NC(=O)CCCCCCCCCCCCCCC/C=C\C/C=C\CCCCC)C(=O)O. The number of carbonyl (C=O) groups excluding carboxylic acids is 2. The number of hydrogen-bond acceptors (Lipinski definition) is 8. The molecule has 0 saturated heterocycles. The lowest BCUT2D eigenvalue weighted by atomic mass is 10.0. The first-order valence-corrected chi connectivity index (χ1v) is 29.1. The number of rotatable bonds is 51. The maximum absolute atomic E-state index is 12.4. The van der Waals surface area contributed by atoms with Crippen molar-refractivity contribution in [1.82, 2.24) is 5.32 Å². The molecule has 0 aromatic heterocycles. The van der Waals surface area contributed by atoms with Crippen LogP contribution in [0.15, 0.2) is 85.1 Å². The zero-order valence-electron chi connectivity index (χ0n) is 44.0. The van der Waals surface area contributed by atoms with Crippen LogP contribution in [0.4, 0.5) is 0 Å². The minimum absolute atomic E-state index is 0.141. The Bertz CT molecular complexity index is 1500. The predicted molar refractivity (Wildman–Crippen MR) is 291 cm³/mol. The first kappa shape index (κ1) is 66.7. The maximum atomic E-state index is 12.4. The van der Waals surface area contributed by atoms with E-state index in [1.807, 2.05) is 0 Å². The zero-order chi connectivity index (χ0) is 51.3. The molecule has 0 heterocycles. The van der Waals surface area contributed by atoms with Gasteiger partial charge in [-0.25, -0.2) is 9.36 Å². The monoisotopic (exact) mass is 1000 g/mol. The Morgan fingerprint density at radius 3 is 1.24 bits per heavy atom. The van der Waals surface area contributed by atoms with Gasteiger partial charge in [0.25, 0.3) is 0 Å². The lowest BCUT2D eigenvalue weighted by Gasteiger charge is -2.18. The molecular formula is C58H100NO10P. The van der Waals surface area contributed by atoms with Crippen molar-refractivity contribution in [2.45, 2.75) is 244 Å². The summed E-state index contributed by atoms with van der Waals surface area (Å²) in [6, 6.07) is -1.55. The third-order valence-electron chi connectivity index (χ3n) is 11.7. The van der Waals surface area contributed by atoms with Crippen LogP contribution in [0.3, 0.4) is 0 Å². The average molecular weight is 1000 g/mol. The number of carbonyl (C=O) groups is 3. The summed E-state index contributed by atoms with van der Waals surface area (Å²) in [6.45, 7) is 2.47. The molecule has 0 rings (SSSR count). The molecule has 0 saturated carbocycles. The minimum Gasteiger partial charge on any atom is -0.480 e. The molecular weight excluding hydrogens is 902 g/mol. The van der Waals surface area contributed by atoms with E-state index >= 15 is 0 Å². The number of unbranched alkanes of at least 4 members (excludes halogenated alkanes) is 23. The van der Waals surface area contributed by atoms with Gasteiger partial charge in [0.15, 0.2) is 6.04 Å². The Kier molecular flexibility index (Phi) is 49.5. The van der Waals surface area contributed by atoms with Crippen molar-refractivity contribution >= 4 is 25.7 Å². The van der Waals surface area contributed by atoms with Crippen LogP contribution in [0.2, 0.25) is 0 Å². The molecule has 0 aliphatic heterocycles. The summed E-state index contributed by atoms with van der Waals surface area (Å²) in [7, 11) is -4.77. The highest BCUT2D eigenvalue weighted by atomic mass is 31.2. The van der Waals surface area contributed by atoms with E-state index in [9.17, 15) is 34.1 Å². The van der Waals surface area contributed by atoms with E-state index in [0.717, 1.165) is 89.9 Å². The highest BCUT2D eigenvalue weighted by Crippen LogP contribution is 2.43. The van der Waals surface area contributed by atoms with Gasteiger partial charge < -0.3 is 25.2 Å². The predicted octanol–water partition coefficient (Wildman–Crippen LogP) is 15.8. The molecule has 0 fully saturated rings. The quantitative estimate of drug-likeness (QED) is 0.0199. The van der Waals surface area contributed by atoms with E-state index in [1.54, 1.807) is 0 Å². The van der Waals surface area contributed by atoms with Gasteiger partial charge in [-0.05, 0) is 89.9 Å². The van der Waals surface area contributed by atoms with E-state index in [4.69, 9.17) is 13.8 Å². The number of amides is 1. The number of nitrogens with one attached hydrogen (secondary N) is 1. The summed E-state index contributed by atoms with van der Waals surface area (Å²) in [5.74, 6) is -2.38. The Labute approximate surface area is 426 Å². The van der Waals surface area contributed by atoms with Crippen LogP contribution in [0.5, 0.6) is 0 Å². The first-order valence-electron chi connectivity index (χ1n) is 27.6. The number of aliphatic carboxylic acids is 1. The molecule has 0 aromatic carbocycles. The Balaban J connectivity index is 3.83. The van der Waals surface area contributed by atoms with E-state index in [2.05, 4.69) is 104 Å². The van der Waals surface area contributed by atoms with Crippen molar-refractivity contribution in [3.8, 4) is 0 Å². The van der Waals surface area contributed by atoms with Gasteiger partial charge in [0, 0.05) is 12.8 Å². The summed E-state index contributed by atoms with van der Waals surface area (Å²) in [5, 5.41) is 22.0. The van der Waals surface area contributed by atoms with E-state index in [0.29, 0.717) is 12.8 Å². The fourth-order valence-electron chi connectivity index (χ4n) is 7.43. The van der Waals surface area contributed by atoms with Gasteiger partial charge in [-0.15, -0.1) is 0 Å². The molecule has 0 bridgehead atoms. The van der Waals surface area contributed by atoms with E-state index < -0.39 is 57.6 Å². The van der Waals surface area contributed by atoms with Gasteiger partial charge in [0.05, 0.1) is 13.2 Å². The van der Waals surface area contributed by atoms with Crippen LogP contribution >= 0.6 is 7.82 Å². The molecule has 4 N–H and O–H groups in total. The van der Waals surface area contributed by atoms with Crippen LogP contribution < -0.4 is 5.32 Å². The standard InChI is InChI=1S/C58H100NO10P/c1-3-5-7-9-11-13-15-17-19-21-23-25-27-29-31-33-35-37-39-41-43-45-47-49-56(61)59-55(58(63)64)53-69-70(65,66)68-52-54(60)51-67-57(62)50-48-46-44-42-40-38-36-34-32-30-28-26-24-22-20-18-16-14-12-10-8-6-4-2/h6,8,11-14,17-20,24,26,30,32,54-55,60H,3-5,7,9-10,15-16,21-23,25,27-29,31,33-53H2,1-2H3,(H,59,61)(H,63,64)(H,65,66)/b8-6-,13-11-,14-12-,19-17-,20-18-,26-24-,32-30-. The molecule has 402 valence electrons. The van der Waals surface area contributed by atoms with Gasteiger partial charge in [-0.1, -0.05) is 214 Å². The number of allylic oxidation sites excluding steroid dienone is 14. The molecule has 3 atom stereocenters. The van der Waals surface area contributed by atoms with E-state index in [1.165, 1.54) is 103 Å². The van der Waals surface area contributed by atoms with Crippen molar-refractivity contribution in [2.24, 2.45) is 0 Å². The minimum atomic E-state index is -4.77. The number of ether oxygens (including phenoxy) is 1. The summed E-state index contributed by atoms with van der Waals surface area (Å²) in [6.07, 6.45) is 66.0. The smallest absolute Gasteiger partial charge is 0.472 e. The Morgan fingerprint density at radius 1 is 0.471 bits per heavy atom. The lowest BCUT2D eigenvalue weighted by molar-refractivity contribution is -0.147. The summed E-state index contributed by atoms with van der Waals surface area (Å²) in [5.41, 5.74) is 0. The molecule has 0 aliphatic carbocycles. The second-order valence-corrected chi connectivity index (χ2v) is 19.8. The third kappa shape index (κ3) is 51.0. The van der Waals surface area contributed by atoms with Crippen molar-refractivity contribution in [3.63, 3.8) is 0 Å². The molecule has 70 heavy (non-hydrogen) atoms. The molecule has 0 radical (unpaired) electrons. The maximum Gasteiger partial charge on any atom is 0.472 e. The van der Waals surface area contributed by atoms with Gasteiger partial charge in [-0.2, -0.15) is 0 Å². The highest BCUT2D eigenvalue weighted by Gasteiger charge is 2.28. The number of carboxylic acids is 1. The molecule has 11 nitrogen and oxygen atoms in total. The number of hydrogen-bond donors (Lipinski definition) is 4. The van der Waals surface area contributed by atoms with Gasteiger partial charge in [0.1, 0.15) is 12.7 Å². The van der Waals surface area contributed by atoms with Crippen molar-refractivity contribution in [2.75, 3.05) is 19.8 Å². The van der Waals surface area contributed by atoms with Crippen molar-refractivity contribution in [1.29, 1.82) is 0 Å². The topological polar surface area (TPSA) is 169 Å². The number of aliphatic hydroxyl groups excluding tert-OH is 1. The second kappa shape index (κ2) is 52.0. The van der Waals surface area contributed by atoms with Crippen molar-refractivity contribution in [3.05, 3.63) is 85.1 Å². The van der Waals surface area contributed by atoms with Crippen LogP contribution in [0.25, 0.3) is 0 Å². The number of phosphoric acid groups is 1. The number of carboxylic acid groups (broad SMARTS) is 1. The number of esters is 1. The normalized spacial score (nSPS) is 14.1. The van der Waals surface area contributed by atoms with E-state index in [-0.39, 0.29) is 12.8 Å². The molecule has 3 unspecified atom stereocenters. The molecule has 1 amide bonds. The van der Waals surface area contributed by atoms with Crippen molar-refractivity contribution < 1.29 is 47.8 Å². The molecule has 0 spiro atoms. The van der Waals surface area contributed by atoms with Crippen LogP contribution in [-0.4, -0.2) is 64.9 Å². The molecule has 0 aliphatic rings. The highest BCUT2D eigenvalue weighted by molar-refractivity contribution is 7.47. The first-order chi connectivity index (χ1) is 34.1. The van der Waals surface area contributed by atoms with Gasteiger partial charge >= 0.3 is 19.8 Å². The number of phosphoric ester groups is 1. The Hall–Kier alpha value is -3.34. The van der Waals surface area contributed by atoms with Crippen LogP contribution in [0.1, 0.15) is 232 Å². The largest absolute Gasteiger partial charge is 0.480 e. The second-order valence-electron chi connectivity index (χ2n) is 18.4. The van der Waals surface area contributed by atoms with Crippen LogP contribution in [0, 0.1) is 0 Å².